The zero-order chi connectivity index (χ0) is 23.0. The summed E-state index contributed by atoms with van der Waals surface area (Å²) in [5.74, 6) is 0.801. The Balaban J connectivity index is 0.000000668. The highest BCUT2D eigenvalue weighted by Gasteiger charge is 2.39. The number of alkyl halides is 1. The SMILES string of the molecule is CCC(Br)c1ncn(C(c2ccccc2)(c2ccccc2)c2ccccc2)n1.O=[PH](O)O. The summed E-state index contributed by atoms with van der Waals surface area (Å²) in [5, 5.41) is 4.94. The summed E-state index contributed by atoms with van der Waals surface area (Å²) in [6.45, 7) is 2.12. The van der Waals surface area contributed by atoms with E-state index in [9.17, 15) is 0 Å². The van der Waals surface area contributed by atoms with E-state index >= 15 is 0 Å². The normalized spacial score (nSPS) is 12.2. The van der Waals surface area contributed by atoms with Crippen molar-refractivity contribution in [1.29, 1.82) is 0 Å². The molecule has 0 bridgehead atoms. The molecule has 0 radical (unpaired) electrons. The van der Waals surface area contributed by atoms with E-state index in [1.54, 1.807) is 0 Å². The van der Waals surface area contributed by atoms with Gasteiger partial charge in [-0.15, -0.1) is 0 Å². The van der Waals surface area contributed by atoms with Crippen LogP contribution in [0.25, 0.3) is 0 Å². The van der Waals surface area contributed by atoms with Crippen molar-refractivity contribution >= 4 is 24.2 Å². The molecule has 0 aliphatic carbocycles. The lowest BCUT2D eigenvalue weighted by atomic mass is 9.77. The Hall–Kier alpha value is -2.57. The molecule has 3 aromatic carbocycles. The molecule has 0 aliphatic heterocycles. The maximum atomic E-state index is 8.74. The molecule has 0 saturated heterocycles. The fraction of sp³-hybridized carbons (Fsp3) is 0.167. The number of nitrogens with zero attached hydrogens (tertiary/aromatic N) is 3. The van der Waals surface area contributed by atoms with E-state index in [4.69, 9.17) is 19.5 Å². The van der Waals surface area contributed by atoms with Gasteiger partial charge in [-0.25, -0.2) is 9.67 Å². The summed E-state index contributed by atoms with van der Waals surface area (Å²) in [6, 6.07) is 31.5. The number of rotatable bonds is 6. The van der Waals surface area contributed by atoms with Crippen LogP contribution in [-0.4, -0.2) is 24.6 Å². The molecule has 0 fully saturated rings. The van der Waals surface area contributed by atoms with Crippen molar-refractivity contribution in [2.24, 2.45) is 0 Å². The maximum absolute atomic E-state index is 8.74. The van der Waals surface area contributed by atoms with Gasteiger partial charge in [0.25, 0.3) is 0 Å². The third kappa shape index (κ3) is 5.25. The fourth-order valence-electron chi connectivity index (χ4n) is 3.70. The third-order valence-corrected chi connectivity index (χ3v) is 6.12. The van der Waals surface area contributed by atoms with Gasteiger partial charge in [-0.3, -0.25) is 4.57 Å². The van der Waals surface area contributed by atoms with Crippen LogP contribution in [-0.2, 0) is 10.1 Å². The van der Waals surface area contributed by atoms with E-state index < -0.39 is 13.8 Å². The number of benzene rings is 3. The molecule has 32 heavy (non-hydrogen) atoms. The summed E-state index contributed by atoms with van der Waals surface area (Å²) in [4.78, 5) is 19.1. The molecule has 2 N–H and O–H groups in total. The van der Waals surface area contributed by atoms with E-state index in [2.05, 4.69) is 101 Å². The van der Waals surface area contributed by atoms with Crippen LogP contribution in [0.1, 0.15) is 40.7 Å². The Morgan fingerprint density at radius 1 is 0.875 bits per heavy atom. The topological polar surface area (TPSA) is 88.2 Å². The van der Waals surface area contributed by atoms with Gasteiger partial charge in [0.15, 0.2) is 5.82 Å². The van der Waals surface area contributed by atoms with Crippen LogP contribution in [0.3, 0.4) is 0 Å². The van der Waals surface area contributed by atoms with Gasteiger partial charge < -0.3 is 9.79 Å². The minimum atomic E-state index is -3.13. The second kappa shape index (κ2) is 11.3. The van der Waals surface area contributed by atoms with E-state index in [1.807, 2.05) is 29.2 Å². The van der Waals surface area contributed by atoms with Crippen LogP contribution in [0.2, 0.25) is 0 Å². The van der Waals surface area contributed by atoms with Crippen LogP contribution in [0.4, 0.5) is 0 Å². The highest BCUT2D eigenvalue weighted by molar-refractivity contribution is 9.09. The molecule has 0 amide bonds. The average Bonchev–Trinajstić information content (AvgIpc) is 3.31. The highest BCUT2D eigenvalue weighted by Crippen LogP contribution is 2.40. The minimum absolute atomic E-state index is 0.133. The van der Waals surface area contributed by atoms with Crippen molar-refractivity contribution in [2.45, 2.75) is 23.7 Å². The third-order valence-electron chi connectivity index (χ3n) is 5.07. The van der Waals surface area contributed by atoms with Crippen LogP contribution in [0.15, 0.2) is 97.3 Å². The van der Waals surface area contributed by atoms with Crippen molar-refractivity contribution in [3.8, 4) is 0 Å². The summed E-state index contributed by atoms with van der Waals surface area (Å²) >= 11 is 3.70. The molecular weight excluding hydrogens is 489 g/mol. The Kier molecular flexibility index (Phi) is 8.53. The Labute approximate surface area is 196 Å². The van der Waals surface area contributed by atoms with E-state index in [0.717, 1.165) is 28.9 Å². The van der Waals surface area contributed by atoms with Crippen LogP contribution in [0.5, 0.6) is 0 Å². The molecule has 166 valence electrons. The summed E-state index contributed by atoms with van der Waals surface area (Å²) in [6.07, 6.45) is 2.78. The fourth-order valence-corrected chi connectivity index (χ4v) is 3.91. The predicted octanol–water partition coefficient (Wildman–Crippen LogP) is 5.33. The molecule has 0 saturated carbocycles. The molecule has 1 atom stereocenters. The summed E-state index contributed by atoms with van der Waals surface area (Å²) in [7, 11) is -3.13. The molecule has 0 aliphatic rings. The molecule has 6 nitrogen and oxygen atoms in total. The second-order valence-corrected chi connectivity index (χ2v) is 8.68. The Morgan fingerprint density at radius 2 is 1.25 bits per heavy atom. The summed E-state index contributed by atoms with van der Waals surface area (Å²) in [5.41, 5.74) is 2.83. The molecule has 4 aromatic rings. The number of hydrogen-bond donors (Lipinski definition) is 2. The van der Waals surface area contributed by atoms with Gasteiger partial charge in [-0.1, -0.05) is 114 Å². The monoisotopic (exact) mass is 513 g/mol. The van der Waals surface area contributed by atoms with Crippen LogP contribution in [0, 0.1) is 0 Å². The van der Waals surface area contributed by atoms with Crippen molar-refractivity contribution < 1.29 is 14.4 Å². The average molecular weight is 514 g/mol. The van der Waals surface area contributed by atoms with Crippen molar-refractivity contribution in [1.82, 2.24) is 14.8 Å². The first-order valence-corrected chi connectivity index (χ1v) is 12.4. The van der Waals surface area contributed by atoms with E-state index in [0.29, 0.717) is 0 Å². The first-order chi connectivity index (χ1) is 15.5. The van der Waals surface area contributed by atoms with Crippen LogP contribution < -0.4 is 0 Å². The van der Waals surface area contributed by atoms with E-state index in [1.165, 1.54) is 0 Å². The zero-order valence-electron chi connectivity index (χ0n) is 17.5. The van der Waals surface area contributed by atoms with E-state index in [-0.39, 0.29) is 4.83 Å². The molecular formula is C24H25BrN3O3P. The lowest BCUT2D eigenvalue weighted by Crippen LogP contribution is -2.38. The highest BCUT2D eigenvalue weighted by atomic mass is 79.9. The maximum Gasteiger partial charge on any atom is 0.314 e. The predicted molar refractivity (Wildman–Crippen MR) is 130 cm³/mol. The van der Waals surface area contributed by atoms with Gasteiger partial charge in [-0.05, 0) is 23.1 Å². The lowest BCUT2D eigenvalue weighted by Gasteiger charge is -2.35. The first kappa shape index (κ1) is 24.1. The first-order valence-electron chi connectivity index (χ1n) is 10.1. The van der Waals surface area contributed by atoms with Gasteiger partial charge in [0.2, 0.25) is 0 Å². The van der Waals surface area contributed by atoms with Gasteiger partial charge in [0.05, 0.1) is 4.83 Å². The number of halogens is 1. The zero-order valence-corrected chi connectivity index (χ0v) is 20.1. The van der Waals surface area contributed by atoms with Gasteiger partial charge in [-0.2, -0.15) is 5.10 Å². The van der Waals surface area contributed by atoms with Gasteiger partial charge in [0, 0.05) is 0 Å². The molecule has 8 heteroatoms. The van der Waals surface area contributed by atoms with Crippen molar-refractivity contribution in [2.75, 3.05) is 0 Å². The lowest BCUT2D eigenvalue weighted by molar-refractivity contribution is 0.405. The molecule has 0 spiro atoms. The molecule has 1 heterocycles. The largest absolute Gasteiger partial charge is 0.326 e. The van der Waals surface area contributed by atoms with Crippen molar-refractivity contribution in [3.05, 3.63) is 120 Å². The second-order valence-electron chi connectivity index (χ2n) is 7.01. The Morgan fingerprint density at radius 3 is 1.59 bits per heavy atom. The van der Waals surface area contributed by atoms with Gasteiger partial charge in [0.1, 0.15) is 11.9 Å². The molecule has 1 aromatic heterocycles. The number of aromatic nitrogens is 3. The standard InChI is InChI=1S/C24H22BrN3.H3O3P/c1-2-22(25)23-26-18-28(27-23)24(19-12-6-3-7-13-19,20-14-8-4-9-15-20)21-16-10-5-11-17-21;1-4(2)3/h3-18,22H,2H2,1H3;4H,(H2,1,2,3). The quantitative estimate of drug-likeness (QED) is 0.207. The molecule has 1 unspecified atom stereocenters. The summed E-state index contributed by atoms with van der Waals surface area (Å²) < 4.78 is 10.7. The van der Waals surface area contributed by atoms with Crippen LogP contribution >= 0.6 is 24.2 Å². The minimum Gasteiger partial charge on any atom is -0.326 e. The van der Waals surface area contributed by atoms with Crippen molar-refractivity contribution in [3.63, 3.8) is 0 Å². The number of hydrogen-bond acceptors (Lipinski definition) is 3. The van der Waals surface area contributed by atoms with Gasteiger partial charge >= 0.3 is 8.25 Å². The Bertz CT molecular complexity index is 1020. The smallest absolute Gasteiger partial charge is 0.314 e. The molecule has 4 rings (SSSR count).